The molecule has 144 valence electrons. The first-order chi connectivity index (χ1) is 11.0. The number of halogens is 5. The highest BCUT2D eigenvalue weighted by Gasteiger charge is 2.32. The summed E-state index contributed by atoms with van der Waals surface area (Å²) in [5.41, 5.74) is -3.05. The van der Waals surface area contributed by atoms with E-state index in [9.17, 15) is 13.2 Å². The predicted molar refractivity (Wildman–Crippen MR) is 102 cm³/mol. The van der Waals surface area contributed by atoms with Crippen LogP contribution in [0.1, 0.15) is 37.3 Å². The third-order valence-corrected chi connectivity index (χ3v) is 5.59. The van der Waals surface area contributed by atoms with Gasteiger partial charge in [0.15, 0.2) is 0 Å². The van der Waals surface area contributed by atoms with Gasteiger partial charge in [-0.3, -0.25) is 4.90 Å². The molecule has 0 spiro atoms. The van der Waals surface area contributed by atoms with E-state index in [2.05, 4.69) is 10.2 Å². The number of piperazine rings is 1. The molecule has 0 aromatic heterocycles. The number of nitrogens with zero attached hydrogens (tertiary/aromatic N) is 1. The average Bonchev–Trinajstić information content (AvgIpc) is 3.03. The van der Waals surface area contributed by atoms with Crippen LogP contribution in [0.5, 0.6) is 0 Å². The van der Waals surface area contributed by atoms with Gasteiger partial charge in [-0.05, 0) is 48.2 Å². The number of thioether (sulfide) groups is 1. The topological polar surface area (TPSA) is 15.3 Å². The van der Waals surface area contributed by atoms with Gasteiger partial charge >= 0.3 is 5.51 Å². The molecule has 1 heterocycles. The molecule has 1 aromatic rings. The lowest BCUT2D eigenvalue weighted by atomic mass is 9.90. The van der Waals surface area contributed by atoms with Crippen molar-refractivity contribution in [1.82, 2.24) is 10.2 Å². The van der Waals surface area contributed by atoms with E-state index in [1.165, 1.54) is 31.2 Å². The predicted octanol–water partition coefficient (Wildman–Crippen LogP) is 5.28. The van der Waals surface area contributed by atoms with Crippen molar-refractivity contribution in [3.8, 4) is 0 Å². The normalized spacial score (nSPS) is 20.6. The number of hydrogen-bond donors (Lipinski definition) is 1. The van der Waals surface area contributed by atoms with E-state index < -0.39 is 5.51 Å². The fraction of sp³-hybridized carbons (Fsp3) is 0.647. The van der Waals surface area contributed by atoms with Crippen LogP contribution in [0, 0.1) is 5.92 Å². The summed E-state index contributed by atoms with van der Waals surface area (Å²) in [7, 11) is 0. The minimum absolute atomic E-state index is 0. The van der Waals surface area contributed by atoms with E-state index in [1.807, 2.05) is 12.1 Å². The maximum absolute atomic E-state index is 12.5. The lowest BCUT2D eigenvalue weighted by molar-refractivity contribution is -0.0328. The Labute approximate surface area is 164 Å². The molecule has 1 aromatic carbocycles. The molecule has 2 nitrogen and oxygen atoms in total. The average molecular weight is 417 g/mol. The van der Waals surface area contributed by atoms with Gasteiger partial charge in [0.2, 0.25) is 0 Å². The standard InChI is InChI=1S/C17H23F3N2S.2ClH/c18-17(19,20)23-15-7-5-14(6-8-15)16(13-3-1-2-4-13)22-11-9-21-10-12-22;;/h5-8,13,16,21H,1-4,9-12H2;2*1H/t16-;;/m0../s1. The van der Waals surface area contributed by atoms with Gasteiger partial charge in [0.05, 0.1) is 0 Å². The number of nitrogens with one attached hydrogen (secondary N) is 1. The molecule has 1 aliphatic heterocycles. The van der Waals surface area contributed by atoms with Gasteiger partial charge in [0.1, 0.15) is 0 Å². The molecule has 1 N–H and O–H groups in total. The van der Waals surface area contributed by atoms with Crippen LogP contribution in [-0.2, 0) is 0 Å². The van der Waals surface area contributed by atoms with Gasteiger partial charge in [-0.15, -0.1) is 24.8 Å². The molecule has 1 saturated carbocycles. The van der Waals surface area contributed by atoms with Crippen LogP contribution in [0.25, 0.3) is 0 Å². The van der Waals surface area contributed by atoms with Crippen molar-refractivity contribution in [2.24, 2.45) is 5.92 Å². The lowest BCUT2D eigenvalue weighted by Gasteiger charge is -2.38. The molecule has 0 bridgehead atoms. The van der Waals surface area contributed by atoms with Gasteiger partial charge in [-0.2, -0.15) is 13.2 Å². The zero-order valence-corrected chi connectivity index (χ0v) is 16.4. The van der Waals surface area contributed by atoms with E-state index in [1.54, 1.807) is 12.1 Å². The Morgan fingerprint density at radius 3 is 2.08 bits per heavy atom. The summed E-state index contributed by atoms with van der Waals surface area (Å²) in [5, 5.41) is 3.38. The second kappa shape index (κ2) is 10.3. The fourth-order valence-corrected chi connectivity index (χ4v) is 4.42. The summed E-state index contributed by atoms with van der Waals surface area (Å²) in [4.78, 5) is 2.78. The molecule has 25 heavy (non-hydrogen) atoms. The molecule has 0 amide bonds. The molecule has 1 saturated heterocycles. The second-order valence-corrected chi connectivity index (χ2v) is 7.53. The highest BCUT2D eigenvalue weighted by atomic mass is 35.5. The van der Waals surface area contributed by atoms with E-state index in [0.717, 1.165) is 26.2 Å². The third kappa shape index (κ3) is 6.51. The SMILES string of the molecule is Cl.Cl.FC(F)(F)Sc1ccc([C@H](C2CCCC2)N2CCNCC2)cc1. The Bertz CT molecular complexity index is 502. The van der Waals surface area contributed by atoms with E-state index in [-0.39, 0.29) is 41.5 Å². The monoisotopic (exact) mass is 416 g/mol. The number of alkyl halides is 3. The highest BCUT2D eigenvalue weighted by molar-refractivity contribution is 8.00. The molecule has 1 atom stereocenters. The Balaban J connectivity index is 0.00000156. The largest absolute Gasteiger partial charge is 0.446 e. The second-order valence-electron chi connectivity index (χ2n) is 6.39. The van der Waals surface area contributed by atoms with Gasteiger partial charge in [-0.1, -0.05) is 25.0 Å². The number of benzene rings is 1. The first kappa shape index (κ1) is 22.9. The lowest BCUT2D eigenvalue weighted by Crippen LogP contribution is -2.46. The minimum Gasteiger partial charge on any atom is -0.314 e. The molecule has 0 unspecified atom stereocenters. The Morgan fingerprint density at radius 2 is 1.56 bits per heavy atom. The van der Waals surface area contributed by atoms with Crippen LogP contribution in [0.15, 0.2) is 29.2 Å². The Morgan fingerprint density at radius 1 is 1.00 bits per heavy atom. The third-order valence-electron chi connectivity index (χ3n) is 4.85. The summed E-state index contributed by atoms with van der Waals surface area (Å²) in [6, 6.07) is 7.40. The maximum atomic E-state index is 12.5. The van der Waals surface area contributed by atoms with Crippen LogP contribution in [-0.4, -0.2) is 36.6 Å². The maximum Gasteiger partial charge on any atom is 0.446 e. The van der Waals surface area contributed by atoms with Crippen molar-refractivity contribution in [3.05, 3.63) is 29.8 Å². The summed E-state index contributed by atoms with van der Waals surface area (Å²) < 4.78 is 37.5. The van der Waals surface area contributed by atoms with Crippen molar-refractivity contribution >= 4 is 36.6 Å². The van der Waals surface area contributed by atoms with Gasteiger partial charge in [-0.25, -0.2) is 0 Å². The van der Waals surface area contributed by atoms with Gasteiger partial charge < -0.3 is 5.32 Å². The highest BCUT2D eigenvalue weighted by Crippen LogP contribution is 2.41. The van der Waals surface area contributed by atoms with Crippen LogP contribution >= 0.6 is 36.6 Å². The molecule has 8 heteroatoms. The molecule has 3 rings (SSSR count). The smallest absolute Gasteiger partial charge is 0.314 e. The zero-order valence-electron chi connectivity index (χ0n) is 13.9. The van der Waals surface area contributed by atoms with Crippen LogP contribution in [0.2, 0.25) is 0 Å². The van der Waals surface area contributed by atoms with Gasteiger partial charge in [0.25, 0.3) is 0 Å². The molecule has 1 aliphatic carbocycles. The van der Waals surface area contributed by atoms with Crippen molar-refractivity contribution in [2.75, 3.05) is 26.2 Å². The van der Waals surface area contributed by atoms with E-state index in [4.69, 9.17) is 0 Å². The van der Waals surface area contributed by atoms with Crippen LogP contribution < -0.4 is 5.32 Å². The van der Waals surface area contributed by atoms with Crippen LogP contribution in [0.3, 0.4) is 0 Å². The quantitative estimate of drug-likeness (QED) is 0.672. The van der Waals surface area contributed by atoms with Crippen molar-refractivity contribution in [3.63, 3.8) is 0 Å². The molecule has 2 fully saturated rings. The van der Waals surface area contributed by atoms with Gasteiger partial charge in [0, 0.05) is 37.1 Å². The Kier molecular flexibility index (Phi) is 9.40. The molecular formula is C17H25Cl2F3N2S. The van der Waals surface area contributed by atoms with E-state index in [0.29, 0.717) is 12.0 Å². The summed E-state index contributed by atoms with van der Waals surface area (Å²) in [6.07, 6.45) is 5.01. The number of rotatable bonds is 4. The fourth-order valence-electron chi connectivity index (χ4n) is 3.88. The number of hydrogen-bond acceptors (Lipinski definition) is 3. The first-order valence-corrected chi connectivity index (χ1v) is 9.15. The van der Waals surface area contributed by atoms with Crippen molar-refractivity contribution in [2.45, 2.75) is 42.1 Å². The van der Waals surface area contributed by atoms with Crippen molar-refractivity contribution in [1.29, 1.82) is 0 Å². The van der Waals surface area contributed by atoms with Crippen LogP contribution in [0.4, 0.5) is 13.2 Å². The zero-order chi connectivity index (χ0) is 16.3. The minimum atomic E-state index is -4.22. The summed E-state index contributed by atoms with van der Waals surface area (Å²) in [5.74, 6) is 0.634. The van der Waals surface area contributed by atoms with E-state index >= 15 is 0 Å². The molecular weight excluding hydrogens is 392 g/mol. The Hall–Kier alpha value is -0.140. The van der Waals surface area contributed by atoms with Crippen molar-refractivity contribution < 1.29 is 13.2 Å². The molecule has 2 aliphatic rings. The summed E-state index contributed by atoms with van der Waals surface area (Å²) in [6.45, 7) is 4.01. The molecule has 0 radical (unpaired) electrons. The first-order valence-electron chi connectivity index (χ1n) is 8.33. The summed E-state index contributed by atoms with van der Waals surface area (Å²) >= 11 is -0.0346.